The largest absolute Gasteiger partial charge is 0.423 e. The molecule has 0 fully saturated rings. The van der Waals surface area contributed by atoms with E-state index in [9.17, 15) is 31.2 Å². The van der Waals surface area contributed by atoms with Crippen LogP contribution in [0, 0.1) is 18.8 Å². The van der Waals surface area contributed by atoms with Crippen LogP contribution in [0.15, 0.2) is 29.8 Å². The maximum absolute atomic E-state index is 14.2. The number of rotatable bonds is 7. The number of carbonyl (C=O) groups excluding carboxylic acids is 2. The first-order valence-electron chi connectivity index (χ1n) is 10.5. The van der Waals surface area contributed by atoms with Crippen molar-refractivity contribution in [3.63, 3.8) is 0 Å². The van der Waals surface area contributed by atoms with Crippen LogP contribution >= 0.6 is 0 Å². The number of amides is 2. The Labute approximate surface area is 192 Å². The SMILES string of the molecule is CCCCCCC#C[C@]1(C(F)(F)F)CC(c2ccc(C)cc2)=C(C(=O)NS(C)(=O)=O)C(=O)N1. The van der Waals surface area contributed by atoms with E-state index >= 15 is 0 Å². The summed E-state index contributed by atoms with van der Waals surface area (Å²) >= 11 is 0. The van der Waals surface area contributed by atoms with Crippen molar-refractivity contribution >= 4 is 27.4 Å². The molecule has 0 aromatic heterocycles. The molecule has 1 heterocycles. The van der Waals surface area contributed by atoms with Crippen LogP contribution in [0.4, 0.5) is 13.2 Å². The molecule has 0 saturated heterocycles. The van der Waals surface area contributed by atoms with Crippen molar-refractivity contribution in [2.45, 2.75) is 64.1 Å². The highest BCUT2D eigenvalue weighted by Gasteiger charge is 2.58. The predicted molar refractivity (Wildman–Crippen MR) is 119 cm³/mol. The summed E-state index contributed by atoms with van der Waals surface area (Å²) in [6, 6.07) is 6.21. The van der Waals surface area contributed by atoms with Crippen LogP contribution in [-0.2, 0) is 19.6 Å². The summed E-state index contributed by atoms with van der Waals surface area (Å²) in [7, 11) is -4.05. The van der Waals surface area contributed by atoms with Crippen molar-refractivity contribution in [1.29, 1.82) is 0 Å². The van der Waals surface area contributed by atoms with Crippen LogP contribution in [0.3, 0.4) is 0 Å². The van der Waals surface area contributed by atoms with Crippen LogP contribution in [-0.4, -0.2) is 38.2 Å². The highest BCUT2D eigenvalue weighted by molar-refractivity contribution is 7.89. The Kier molecular flexibility index (Phi) is 8.36. The van der Waals surface area contributed by atoms with Crippen LogP contribution in [0.2, 0.25) is 0 Å². The molecular formula is C23H27F3N2O4S. The molecular weight excluding hydrogens is 457 g/mol. The van der Waals surface area contributed by atoms with Crippen molar-refractivity contribution in [2.24, 2.45) is 0 Å². The molecule has 1 aliphatic rings. The molecule has 6 nitrogen and oxygen atoms in total. The molecule has 1 aromatic rings. The lowest BCUT2D eigenvalue weighted by Gasteiger charge is -2.37. The van der Waals surface area contributed by atoms with Crippen molar-refractivity contribution in [2.75, 3.05) is 6.26 Å². The average Bonchev–Trinajstić information content (AvgIpc) is 2.68. The lowest BCUT2D eigenvalue weighted by atomic mass is 9.80. The molecule has 0 spiro atoms. The van der Waals surface area contributed by atoms with Gasteiger partial charge in [0.15, 0.2) is 0 Å². The van der Waals surface area contributed by atoms with Gasteiger partial charge in [-0.2, -0.15) is 13.2 Å². The van der Waals surface area contributed by atoms with E-state index in [1.807, 2.05) is 12.2 Å². The lowest BCUT2D eigenvalue weighted by molar-refractivity contribution is -0.180. The standard InChI is InChI=1S/C23H27F3N2O4S/c1-4-5-6-7-8-9-14-22(23(24,25)26)15-18(17-12-10-16(2)11-13-17)19(20(29)27-22)21(30)28-33(3,31)32/h10-13H,4-8,15H2,1-3H3,(H,27,29)(H,28,30)/t22-/m1/s1. The Bertz CT molecular complexity index is 1100. The minimum Gasteiger partial charge on any atom is -0.328 e. The van der Waals surface area contributed by atoms with Gasteiger partial charge in [-0.05, 0) is 24.5 Å². The van der Waals surface area contributed by atoms with Gasteiger partial charge in [0.1, 0.15) is 5.57 Å². The Hall–Kier alpha value is -2.80. The summed E-state index contributed by atoms with van der Waals surface area (Å²) in [5.74, 6) is 2.12. The number of sulfonamides is 1. The van der Waals surface area contributed by atoms with Gasteiger partial charge in [-0.25, -0.2) is 13.1 Å². The first-order valence-corrected chi connectivity index (χ1v) is 12.4. The van der Waals surface area contributed by atoms with Crippen molar-refractivity contribution < 1.29 is 31.2 Å². The highest BCUT2D eigenvalue weighted by atomic mass is 32.2. The monoisotopic (exact) mass is 484 g/mol. The third-order valence-electron chi connectivity index (χ3n) is 5.14. The Morgan fingerprint density at radius 2 is 1.82 bits per heavy atom. The summed E-state index contributed by atoms with van der Waals surface area (Å²) in [5.41, 5.74) is -2.79. The molecule has 33 heavy (non-hydrogen) atoms. The number of carbonyl (C=O) groups is 2. The van der Waals surface area contributed by atoms with Crippen LogP contribution in [0.5, 0.6) is 0 Å². The number of halogens is 3. The molecule has 2 amide bonds. The zero-order valence-electron chi connectivity index (χ0n) is 18.7. The summed E-state index contributed by atoms with van der Waals surface area (Å²) in [6.07, 6.45) is -1.44. The Morgan fingerprint density at radius 3 is 2.36 bits per heavy atom. The van der Waals surface area contributed by atoms with Gasteiger partial charge in [0.25, 0.3) is 11.8 Å². The summed E-state index contributed by atoms with van der Waals surface area (Å²) in [6.45, 7) is 3.78. The number of hydrogen-bond donors (Lipinski definition) is 2. The normalized spacial score (nSPS) is 18.9. The predicted octanol–water partition coefficient (Wildman–Crippen LogP) is 3.62. The van der Waals surface area contributed by atoms with Crippen LogP contribution in [0.1, 0.15) is 56.6 Å². The fourth-order valence-corrected chi connectivity index (χ4v) is 3.86. The highest BCUT2D eigenvalue weighted by Crippen LogP contribution is 2.42. The minimum absolute atomic E-state index is 0.201. The number of unbranched alkanes of at least 4 members (excludes halogenated alkanes) is 4. The summed E-state index contributed by atoms with van der Waals surface area (Å²) < 4.78 is 67.4. The second-order valence-electron chi connectivity index (χ2n) is 8.07. The first kappa shape index (κ1) is 26.5. The van der Waals surface area contributed by atoms with Gasteiger partial charge in [-0.15, -0.1) is 5.92 Å². The summed E-state index contributed by atoms with van der Waals surface area (Å²) in [5, 5.41) is 1.85. The molecule has 0 unspecified atom stereocenters. The second kappa shape index (κ2) is 10.4. The third kappa shape index (κ3) is 6.84. The second-order valence-corrected chi connectivity index (χ2v) is 9.82. The van der Waals surface area contributed by atoms with Gasteiger partial charge in [0.2, 0.25) is 15.6 Å². The van der Waals surface area contributed by atoms with Gasteiger partial charge in [-0.3, -0.25) is 9.59 Å². The van der Waals surface area contributed by atoms with Gasteiger partial charge < -0.3 is 5.32 Å². The minimum atomic E-state index is -4.94. The molecule has 2 N–H and O–H groups in total. The molecule has 0 radical (unpaired) electrons. The molecule has 2 rings (SSSR count). The fourth-order valence-electron chi connectivity index (χ4n) is 3.42. The van der Waals surface area contributed by atoms with Crippen molar-refractivity contribution in [3.8, 4) is 11.8 Å². The van der Waals surface area contributed by atoms with Gasteiger partial charge in [0, 0.05) is 12.8 Å². The summed E-state index contributed by atoms with van der Waals surface area (Å²) in [4.78, 5) is 25.4. The number of hydrogen-bond acceptors (Lipinski definition) is 4. The van der Waals surface area contributed by atoms with E-state index in [-0.39, 0.29) is 17.6 Å². The van der Waals surface area contributed by atoms with Gasteiger partial charge in [-0.1, -0.05) is 61.9 Å². The van der Waals surface area contributed by atoms with E-state index < -0.39 is 45.5 Å². The lowest BCUT2D eigenvalue weighted by Crippen LogP contribution is -2.61. The van der Waals surface area contributed by atoms with Crippen LogP contribution < -0.4 is 10.0 Å². The number of benzene rings is 1. The average molecular weight is 485 g/mol. The quantitative estimate of drug-likeness (QED) is 0.351. The van der Waals surface area contributed by atoms with Crippen LogP contribution in [0.25, 0.3) is 5.57 Å². The van der Waals surface area contributed by atoms with Crippen molar-refractivity contribution in [3.05, 3.63) is 41.0 Å². The molecule has 10 heteroatoms. The maximum atomic E-state index is 14.2. The number of nitrogens with one attached hydrogen (secondary N) is 2. The van der Waals surface area contributed by atoms with E-state index in [1.165, 1.54) is 12.1 Å². The van der Waals surface area contributed by atoms with Crippen molar-refractivity contribution in [1.82, 2.24) is 10.0 Å². The third-order valence-corrected chi connectivity index (χ3v) is 5.70. The topological polar surface area (TPSA) is 92.3 Å². The molecule has 0 saturated carbocycles. The van der Waals surface area contributed by atoms with E-state index in [0.717, 1.165) is 24.8 Å². The molecule has 1 aliphatic heterocycles. The smallest absolute Gasteiger partial charge is 0.328 e. The van der Waals surface area contributed by atoms with E-state index in [4.69, 9.17) is 0 Å². The first-order chi connectivity index (χ1) is 15.3. The maximum Gasteiger partial charge on any atom is 0.423 e. The molecule has 1 aromatic carbocycles. The van der Waals surface area contributed by atoms with Gasteiger partial charge >= 0.3 is 6.18 Å². The Morgan fingerprint density at radius 1 is 1.18 bits per heavy atom. The Balaban J connectivity index is 2.58. The van der Waals surface area contributed by atoms with E-state index in [0.29, 0.717) is 12.7 Å². The van der Waals surface area contributed by atoms with E-state index in [2.05, 4.69) is 11.8 Å². The van der Waals surface area contributed by atoms with Gasteiger partial charge in [0.05, 0.1) is 6.26 Å². The molecule has 0 aliphatic carbocycles. The van der Waals surface area contributed by atoms with E-state index in [1.54, 1.807) is 23.8 Å². The number of alkyl halides is 3. The fraction of sp³-hybridized carbons (Fsp3) is 0.478. The molecule has 1 atom stereocenters. The zero-order chi connectivity index (χ0) is 24.9. The molecule has 0 bridgehead atoms. The number of aryl methyl sites for hydroxylation is 1. The molecule has 180 valence electrons. The zero-order valence-corrected chi connectivity index (χ0v) is 19.5.